The molecule has 1 amide bonds. The van der Waals surface area contributed by atoms with Crippen molar-refractivity contribution >= 4 is 29.3 Å². The van der Waals surface area contributed by atoms with Crippen LogP contribution in [0.25, 0.3) is 6.08 Å². The smallest absolute Gasteiger partial charge is 0.239 e. The van der Waals surface area contributed by atoms with Crippen molar-refractivity contribution in [2.24, 2.45) is 5.73 Å². The van der Waals surface area contributed by atoms with E-state index in [1.807, 2.05) is 65.6 Å². The minimum Gasteiger partial charge on any atom is -0.368 e. The van der Waals surface area contributed by atoms with E-state index in [-0.39, 0.29) is 5.91 Å². The molecule has 142 valence electrons. The Morgan fingerprint density at radius 3 is 2.56 bits per heavy atom. The van der Waals surface area contributed by atoms with Gasteiger partial charge in [0.1, 0.15) is 0 Å². The summed E-state index contributed by atoms with van der Waals surface area (Å²) in [6.07, 6.45) is 4.53. The number of rotatable bonds is 5. The number of halogens is 1. The van der Waals surface area contributed by atoms with E-state index in [0.29, 0.717) is 19.5 Å². The number of hydrogen-bond donors (Lipinski definition) is 1. The molecule has 27 heavy (non-hydrogen) atoms. The number of carbonyl (C=O) groups is 1. The van der Waals surface area contributed by atoms with Crippen LogP contribution in [0.2, 0.25) is 5.02 Å². The highest BCUT2D eigenvalue weighted by molar-refractivity contribution is 6.30. The first-order chi connectivity index (χ1) is 13.0. The zero-order valence-corrected chi connectivity index (χ0v) is 16.4. The van der Waals surface area contributed by atoms with Gasteiger partial charge in [-0.1, -0.05) is 60.2 Å². The SMILES string of the molecule is Cc1ccc(Cl)cc1N1CCN(C(=O)C(N)C/C=C/c2ccccc2)CC1. The molecule has 0 bridgehead atoms. The zero-order valence-electron chi connectivity index (χ0n) is 15.6. The number of nitrogens with zero attached hydrogens (tertiary/aromatic N) is 2. The van der Waals surface area contributed by atoms with Gasteiger partial charge in [0.15, 0.2) is 0 Å². The van der Waals surface area contributed by atoms with E-state index >= 15 is 0 Å². The first kappa shape index (κ1) is 19.5. The third-order valence-corrected chi connectivity index (χ3v) is 5.16. The average molecular weight is 384 g/mol. The Labute approximate surface area is 166 Å². The number of amides is 1. The molecule has 1 fully saturated rings. The van der Waals surface area contributed by atoms with E-state index in [1.165, 1.54) is 5.56 Å². The first-order valence-electron chi connectivity index (χ1n) is 9.31. The quantitative estimate of drug-likeness (QED) is 0.855. The second-order valence-corrected chi connectivity index (χ2v) is 7.33. The minimum atomic E-state index is -0.496. The number of benzene rings is 2. The Bertz CT molecular complexity index is 798. The van der Waals surface area contributed by atoms with Crippen molar-refractivity contribution in [3.05, 3.63) is 70.8 Å². The van der Waals surface area contributed by atoms with Crippen LogP contribution in [0.5, 0.6) is 0 Å². The lowest BCUT2D eigenvalue weighted by Gasteiger charge is -2.37. The van der Waals surface area contributed by atoms with E-state index in [2.05, 4.69) is 11.8 Å². The van der Waals surface area contributed by atoms with Gasteiger partial charge in [-0.2, -0.15) is 0 Å². The summed E-state index contributed by atoms with van der Waals surface area (Å²) in [4.78, 5) is 16.8. The van der Waals surface area contributed by atoms with Gasteiger partial charge in [-0.3, -0.25) is 4.79 Å². The molecule has 5 heteroatoms. The number of hydrogen-bond acceptors (Lipinski definition) is 3. The van der Waals surface area contributed by atoms with Crippen molar-refractivity contribution in [2.75, 3.05) is 31.1 Å². The van der Waals surface area contributed by atoms with Gasteiger partial charge < -0.3 is 15.5 Å². The molecule has 2 aromatic rings. The van der Waals surface area contributed by atoms with Gasteiger partial charge in [0.05, 0.1) is 6.04 Å². The normalized spacial score (nSPS) is 16.0. The molecule has 1 saturated heterocycles. The molecule has 1 aliphatic heterocycles. The van der Waals surface area contributed by atoms with Crippen LogP contribution in [-0.2, 0) is 4.79 Å². The predicted octanol–water partition coefficient (Wildman–Crippen LogP) is 3.73. The molecule has 3 rings (SSSR count). The molecule has 0 saturated carbocycles. The Morgan fingerprint density at radius 1 is 1.15 bits per heavy atom. The van der Waals surface area contributed by atoms with Crippen molar-refractivity contribution in [3.8, 4) is 0 Å². The van der Waals surface area contributed by atoms with E-state index in [9.17, 15) is 4.79 Å². The summed E-state index contributed by atoms with van der Waals surface area (Å²) < 4.78 is 0. The molecule has 0 aliphatic carbocycles. The second kappa shape index (κ2) is 9.07. The van der Waals surface area contributed by atoms with E-state index in [4.69, 9.17) is 17.3 Å². The molecule has 0 radical (unpaired) electrons. The first-order valence-corrected chi connectivity index (χ1v) is 9.69. The molecular formula is C22H26ClN3O. The van der Waals surface area contributed by atoms with Gasteiger partial charge in [-0.05, 0) is 36.6 Å². The molecule has 2 N–H and O–H groups in total. The van der Waals surface area contributed by atoms with Crippen molar-refractivity contribution in [3.63, 3.8) is 0 Å². The topological polar surface area (TPSA) is 49.6 Å². The van der Waals surface area contributed by atoms with Gasteiger partial charge in [0.25, 0.3) is 0 Å². The molecule has 1 heterocycles. The molecule has 0 spiro atoms. The maximum absolute atomic E-state index is 12.6. The maximum Gasteiger partial charge on any atom is 0.239 e. The summed E-state index contributed by atoms with van der Waals surface area (Å²) in [6.45, 7) is 5.03. The summed E-state index contributed by atoms with van der Waals surface area (Å²) in [7, 11) is 0. The summed E-state index contributed by atoms with van der Waals surface area (Å²) in [5.41, 5.74) is 9.58. The van der Waals surface area contributed by atoms with Crippen molar-refractivity contribution in [1.82, 2.24) is 4.90 Å². The molecule has 4 nitrogen and oxygen atoms in total. The van der Waals surface area contributed by atoms with Crippen molar-refractivity contribution in [1.29, 1.82) is 0 Å². The van der Waals surface area contributed by atoms with Crippen LogP contribution in [0.1, 0.15) is 17.5 Å². The Kier molecular flexibility index (Phi) is 6.54. The van der Waals surface area contributed by atoms with Crippen LogP contribution in [0.15, 0.2) is 54.6 Å². The number of nitrogens with two attached hydrogens (primary N) is 1. The number of aryl methyl sites for hydroxylation is 1. The summed E-state index contributed by atoms with van der Waals surface area (Å²) in [5, 5.41) is 0.737. The third-order valence-electron chi connectivity index (χ3n) is 4.92. The Hall–Kier alpha value is -2.30. The van der Waals surface area contributed by atoms with Gasteiger partial charge in [-0.15, -0.1) is 0 Å². The fourth-order valence-corrected chi connectivity index (χ4v) is 3.51. The van der Waals surface area contributed by atoms with Gasteiger partial charge in [0, 0.05) is 36.9 Å². The second-order valence-electron chi connectivity index (χ2n) is 6.90. The van der Waals surface area contributed by atoms with Crippen LogP contribution >= 0.6 is 11.6 Å². The van der Waals surface area contributed by atoms with Crippen molar-refractivity contribution in [2.45, 2.75) is 19.4 Å². The number of anilines is 1. The summed E-state index contributed by atoms with van der Waals surface area (Å²) in [6, 6.07) is 15.5. The molecule has 2 aromatic carbocycles. The van der Waals surface area contributed by atoms with E-state index in [1.54, 1.807) is 0 Å². The highest BCUT2D eigenvalue weighted by atomic mass is 35.5. The highest BCUT2D eigenvalue weighted by Crippen LogP contribution is 2.25. The Balaban J connectivity index is 1.52. The maximum atomic E-state index is 12.6. The van der Waals surface area contributed by atoms with Crippen LogP contribution in [0.3, 0.4) is 0 Å². The fraction of sp³-hybridized carbons (Fsp3) is 0.318. The largest absolute Gasteiger partial charge is 0.368 e. The van der Waals surface area contributed by atoms with Gasteiger partial charge in [0.2, 0.25) is 5.91 Å². The zero-order chi connectivity index (χ0) is 19.2. The lowest BCUT2D eigenvalue weighted by atomic mass is 10.1. The van der Waals surface area contributed by atoms with Crippen LogP contribution in [0.4, 0.5) is 5.69 Å². The lowest BCUT2D eigenvalue weighted by Crippen LogP contribution is -2.53. The van der Waals surface area contributed by atoms with Gasteiger partial charge in [-0.25, -0.2) is 0 Å². The summed E-state index contributed by atoms with van der Waals surface area (Å²) >= 11 is 6.14. The summed E-state index contributed by atoms with van der Waals surface area (Å²) in [5.74, 6) is 0.0233. The highest BCUT2D eigenvalue weighted by Gasteiger charge is 2.25. The van der Waals surface area contributed by atoms with Crippen LogP contribution < -0.4 is 10.6 Å². The van der Waals surface area contributed by atoms with Crippen molar-refractivity contribution < 1.29 is 4.79 Å². The minimum absolute atomic E-state index is 0.0233. The van der Waals surface area contributed by atoms with Gasteiger partial charge >= 0.3 is 0 Å². The Morgan fingerprint density at radius 2 is 1.85 bits per heavy atom. The molecule has 1 aliphatic rings. The molecule has 1 atom stereocenters. The van der Waals surface area contributed by atoms with E-state index in [0.717, 1.165) is 29.4 Å². The standard InChI is InChI=1S/C22H26ClN3O/c1-17-10-11-19(23)16-21(17)25-12-14-26(15-13-25)22(27)20(24)9-5-8-18-6-3-2-4-7-18/h2-8,10-11,16,20H,9,12-15,24H2,1H3/b8-5+. The monoisotopic (exact) mass is 383 g/mol. The van der Waals surface area contributed by atoms with Crippen LogP contribution in [0, 0.1) is 6.92 Å². The fourth-order valence-electron chi connectivity index (χ4n) is 3.34. The molecular weight excluding hydrogens is 358 g/mol. The average Bonchev–Trinajstić information content (AvgIpc) is 2.70. The third kappa shape index (κ3) is 5.12. The van der Waals surface area contributed by atoms with Crippen LogP contribution in [-0.4, -0.2) is 43.0 Å². The number of piperazine rings is 1. The molecule has 0 aromatic heterocycles. The lowest BCUT2D eigenvalue weighted by molar-refractivity contribution is -0.132. The molecule has 1 unspecified atom stereocenters. The predicted molar refractivity (Wildman–Crippen MR) is 113 cm³/mol. The van der Waals surface area contributed by atoms with E-state index < -0.39 is 6.04 Å². The number of carbonyl (C=O) groups excluding carboxylic acids is 1.